The first kappa shape index (κ1) is 27.9. The smallest absolute Gasteiger partial charge is 0.416 e. The van der Waals surface area contributed by atoms with Crippen LogP contribution in [0.25, 0.3) is 0 Å². The third-order valence-corrected chi connectivity index (χ3v) is 4.61. The van der Waals surface area contributed by atoms with E-state index in [4.69, 9.17) is 10.5 Å². The molecule has 7 nitrogen and oxygen atoms in total. The van der Waals surface area contributed by atoms with Crippen LogP contribution in [0.15, 0.2) is 84.9 Å². The Bertz CT molecular complexity index is 1110. The van der Waals surface area contributed by atoms with Crippen LogP contribution >= 0.6 is 0 Å². The lowest BCUT2D eigenvalue weighted by Crippen LogP contribution is -2.38. The number of ether oxygens (including phenoxy) is 2. The number of primary amides is 1. The summed E-state index contributed by atoms with van der Waals surface area (Å²) in [6.07, 6.45) is -4.53. The number of benzene rings is 3. The normalized spacial score (nSPS) is 10.4. The lowest BCUT2D eigenvalue weighted by Gasteiger charge is -2.22. The van der Waals surface area contributed by atoms with E-state index in [1.807, 2.05) is 36.4 Å². The molecule has 0 atom stereocenters. The summed E-state index contributed by atoms with van der Waals surface area (Å²) in [6, 6.07) is 22.1. The number of hydrogen-bond donors (Lipinski definition) is 1. The monoisotopic (exact) mass is 502 g/mol. The van der Waals surface area contributed by atoms with Crippen molar-refractivity contribution in [3.8, 4) is 5.75 Å². The second-order valence-electron chi connectivity index (χ2n) is 7.37. The molecule has 3 aromatic rings. The van der Waals surface area contributed by atoms with Crippen LogP contribution in [-0.2, 0) is 27.0 Å². The maximum absolute atomic E-state index is 12.9. The van der Waals surface area contributed by atoms with Crippen LogP contribution in [0, 0.1) is 0 Å². The van der Waals surface area contributed by atoms with Crippen LogP contribution < -0.4 is 10.5 Å². The molecule has 0 aliphatic heterocycles. The second kappa shape index (κ2) is 13.5. The largest absolute Gasteiger partial charge is 0.482 e. The predicted octanol–water partition coefficient (Wildman–Crippen LogP) is 4.07. The first-order chi connectivity index (χ1) is 17.1. The van der Waals surface area contributed by atoms with Gasteiger partial charge in [-0.1, -0.05) is 48.5 Å². The fourth-order valence-electron chi connectivity index (χ4n) is 2.92. The van der Waals surface area contributed by atoms with E-state index < -0.39 is 36.1 Å². The summed E-state index contributed by atoms with van der Waals surface area (Å²) in [5, 5.41) is 0. The lowest BCUT2D eigenvalue weighted by molar-refractivity contribution is -0.143. The van der Waals surface area contributed by atoms with Gasteiger partial charge in [-0.2, -0.15) is 13.2 Å². The third kappa shape index (κ3) is 9.49. The number of hydrogen-bond acceptors (Lipinski definition) is 5. The number of halogens is 3. The Kier molecular flexibility index (Phi) is 10.5. The van der Waals surface area contributed by atoms with Gasteiger partial charge in [0.15, 0.2) is 6.61 Å². The molecule has 36 heavy (non-hydrogen) atoms. The zero-order valence-corrected chi connectivity index (χ0v) is 19.4. The predicted molar refractivity (Wildman–Crippen MR) is 126 cm³/mol. The molecule has 3 rings (SSSR count). The Balaban J connectivity index is 0.000000662. The lowest BCUT2D eigenvalue weighted by atomic mass is 10.1. The van der Waals surface area contributed by atoms with E-state index in [-0.39, 0.29) is 24.3 Å². The van der Waals surface area contributed by atoms with E-state index in [0.29, 0.717) is 5.75 Å². The highest BCUT2D eigenvalue weighted by atomic mass is 19.4. The second-order valence-corrected chi connectivity index (χ2v) is 7.37. The molecule has 2 N–H and O–H groups in total. The molecule has 0 aromatic heterocycles. The average Bonchev–Trinajstić information content (AvgIpc) is 2.87. The molecule has 0 fully saturated rings. The summed E-state index contributed by atoms with van der Waals surface area (Å²) >= 11 is 0. The Morgan fingerprint density at radius 1 is 0.889 bits per heavy atom. The molecule has 0 aliphatic carbocycles. The number of alkyl halides is 3. The van der Waals surface area contributed by atoms with Crippen molar-refractivity contribution in [2.75, 3.05) is 20.3 Å². The minimum absolute atomic E-state index is 0.161. The number of methoxy groups -OCH3 is 1. The first-order valence-electron chi connectivity index (χ1n) is 10.6. The fourth-order valence-corrected chi connectivity index (χ4v) is 2.92. The fraction of sp³-hybridized carbons (Fsp3) is 0.192. The topological polar surface area (TPSA) is 98.9 Å². The van der Waals surface area contributed by atoms with Crippen molar-refractivity contribution in [1.82, 2.24) is 4.90 Å². The van der Waals surface area contributed by atoms with Gasteiger partial charge in [0.25, 0.3) is 5.91 Å². The zero-order valence-electron chi connectivity index (χ0n) is 19.4. The molecule has 0 bridgehead atoms. The number of rotatable bonds is 8. The minimum atomic E-state index is -4.53. The number of esters is 1. The number of carbonyl (C=O) groups is 3. The quantitative estimate of drug-likeness (QED) is 0.468. The highest BCUT2D eigenvalue weighted by molar-refractivity contribution is 5.96. The van der Waals surface area contributed by atoms with Gasteiger partial charge < -0.3 is 20.1 Å². The van der Waals surface area contributed by atoms with Crippen molar-refractivity contribution >= 4 is 17.8 Å². The van der Waals surface area contributed by atoms with E-state index in [0.717, 1.165) is 17.0 Å². The van der Waals surface area contributed by atoms with Gasteiger partial charge in [0, 0.05) is 12.1 Å². The summed E-state index contributed by atoms with van der Waals surface area (Å²) in [7, 11) is 1.21. The number of nitrogens with two attached hydrogens (primary N) is 1. The molecule has 190 valence electrons. The molecular weight excluding hydrogens is 477 g/mol. The minimum Gasteiger partial charge on any atom is -0.482 e. The Labute approximate surface area is 206 Å². The zero-order chi connectivity index (χ0) is 26.6. The third-order valence-electron chi connectivity index (χ3n) is 4.61. The van der Waals surface area contributed by atoms with Gasteiger partial charge in [-0.05, 0) is 42.0 Å². The molecule has 0 saturated carbocycles. The summed E-state index contributed by atoms with van der Waals surface area (Å²) in [5.41, 5.74) is 4.68. The van der Waals surface area contributed by atoms with Gasteiger partial charge >= 0.3 is 12.1 Å². The van der Waals surface area contributed by atoms with Crippen LogP contribution in [0.3, 0.4) is 0 Å². The number of nitrogens with zero attached hydrogens (tertiary/aromatic N) is 1. The number of carbonyl (C=O) groups excluding carboxylic acids is 3. The van der Waals surface area contributed by atoms with Gasteiger partial charge in [0.05, 0.1) is 19.2 Å². The van der Waals surface area contributed by atoms with Crippen molar-refractivity contribution in [2.24, 2.45) is 5.73 Å². The highest BCUT2D eigenvalue weighted by Crippen LogP contribution is 2.30. The van der Waals surface area contributed by atoms with Crippen molar-refractivity contribution in [1.29, 1.82) is 0 Å². The molecule has 0 saturated heterocycles. The molecule has 10 heteroatoms. The van der Waals surface area contributed by atoms with Crippen molar-refractivity contribution in [3.63, 3.8) is 0 Å². The van der Waals surface area contributed by atoms with E-state index in [2.05, 4.69) is 4.74 Å². The van der Waals surface area contributed by atoms with Crippen LogP contribution in [-0.4, -0.2) is 42.9 Å². The Morgan fingerprint density at radius 3 is 1.97 bits per heavy atom. The van der Waals surface area contributed by atoms with Gasteiger partial charge in [0.2, 0.25) is 5.91 Å². The Morgan fingerprint density at radius 2 is 1.47 bits per heavy atom. The number of amides is 2. The average molecular weight is 502 g/mol. The molecule has 0 heterocycles. The summed E-state index contributed by atoms with van der Waals surface area (Å²) in [5.74, 6) is -1.70. The van der Waals surface area contributed by atoms with E-state index >= 15 is 0 Å². The van der Waals surface area contributed by atoms with Crippen LogP contribution in [0.4, 0.5) is 13.2 Å². The Hall–Kier alpha value is -4.34. The van der Waals surface area contributed by atoms with Crippen molar-refractivity contribution in [2.45, 2.75) is 12.7 Å². The molecule has 0 aliphatic rings. The SMILES string of the molecule is COC(=O)COc1ccc(C(=O)N(CC(N)=O)Cc2cccc(C(F)(F)F)c2)cc1.c1ccccc1. The molecule has 0 spiro atoms. The molecule has 3 aromatic carbocycles. The maximum atomic E-state index is 12.9. The highest BCUT2D eigenvalue weighted by Gasteiger charge is 2.30. The van der Waals surface area contributed by atoms with E-state index in [9.17, 15) is 27.6 Å². The van der Waals surface area contributed by atoms with Crippen LogP contribution in [0.2, 0.25) is 0 Å². The molecule has 0 unspecified atom stereocenters. The van der Waals surface area contributed by atoms with Crippen LogP contribution in [0.5, 0.6) is 5.75 Å². The molecule has 2 amide bonds. The van der Waals surface area contributed by atoms with Gasteiger partial charge in [-0.25, -0.2) is 4.79 Å². The molecule has 0 radical (unpaired) electrons. The van der Waals surface area contributed by atoms with Gasteiger partial charge in [0.1, 0.15) is 5.75 Å². The summed E-state index contributed by atoms with van der Waals surface area (Å²) in [6.45, 7) is -1.03. The summed E-state index contributed by atoms with van der Waals surface area (Å²) < 4.78 is 48.4. The van der Waals surface area contributed by atoms with Crippen molar-refractivity contribution in [3.05, 3.63) is 102 Å². The van der Waals surface area contributed by atoms with E-state index in [1.54, 1.807) is 0 Å². The van der Waals surface area contributed by atoms with Crippen molar-refractivity contribution < 1.29 is 37.0 Å². The first-order valence-corrected chi connectivity index (χ1v) is 10.6. The van der Waals surface area contributed by atoms with Gasteiger partial charge in [-0.3, -0.25) is 9.59 Å². The molecular formula is C26H25F3N2O5. The van der Waals surface area contributed by atoms with E-state index in [1.165, 1.54) is 43.5 Å². The van der Waals surface area contributed by atoms with Gasteiger partial charge in [-0.15, -0.1) is 0 Å². The standard InChI is InChI=1S/C20H19F3N2O5.C6H6/c1-29-18(27)12-30-16-7-5-14(6-8-16)19(28)25(11-17(24)26)10-13-3-2-4-15(9-13)20(21,22)23;1-2-4-6-5-3-1/h2-9H,10-12H2,1H3,(H2,24,26);1-6H. The van der Waals surface area contributed by atoms with Crippen LogP contribution in [0.1, 0.15) is 21.5 Å². The summed E-state index contributed by atoms with van der Waals surface area (Å²) in [4.78, 5) is 36.3. The maximum Gasteiger partial charge on any atom is 0.416 e.